The third-order valence-electron chi connectivity index (χ3n) is 4.24. The van der Waals surface area contributed by atoms with Gasteiger partial charge in [0, 0.05) is 40.0 Å². The molecule has 0 aromatic heterocycles. The molecule has 2 amide bonds. The first-order chi connectivity index (χ1) is 10.7. The third-order valence-corrected chi connectivity index (χ3v) is 4.24. The third kappa shape index (κ3) is 4.24. The number of piperazine rings is 1. The van der Waals surface area contributed by atoms with Crippen LogP contribution in [0.5, 0.6) is 0 Å². The van der Waals surface area contributed by atoms with E-state index >= 15 is 0 Å². The van der Waals surface area contributed by atoms with Crippen LogP contribution in [0.3, 0.4) is 0 Å². The summed E-state index contributed by atoms with van der Waals surface area (Å²) in [6.45, 7) is 12.6. The number of hydrogen-bond donors (Lipinski definition) is 1. The van der Waals surface area contributed by atoms with Crippen LogP contribution in [0.25, 0.3) is 0 Å². The van der Waals surface area contributed by atoms with Crippen molar-refractivity contribution < 1.29 is 9.59 Å². The average molecular weight is 317 g/mol. The number of carbonyl (C=O) groups excluding carboxylic acids is 2. The predicted octanol–water partition coefficient (Wildman–Crippen LogP) is 2.61. The van der Waals surface area contributed by atoms with Crippen molar-refractivity contribution in [2.24, 2.45) is 0 Å². The Morgan fingerprint density at radius 3 is 2.13 bits per heavy atom. The van der Waals surface area contributed by atoms with E-state index in [-0.39, 0.29) is 17.2 Å². The molecule has 23 heavy (non-hydrogen) atoms. The summed E-state index contributed by atoms with van der Waals surface area (Å²) in [5, 5.41) is 2.96. The van der Waals surface area contributed by atoms with Crippen molar-refractivity contribution in [1.82, 2.24) is 4.90 Å². The van der Waals surface area contributed by atoms with Gasteiger partial charge in [-0.2, -0.15) is 0 Å². The maximum atomic E-state index is 11.6. The van der Waals surface area contributed by atoms with Gasteiger partial charge in [-0.1, -0.05) is 26.8 Å². The smallest absolute Gasteiger partial charge is 0.221 e. The normalized spacial score (nSPS) is 15.5. The maximum absolute atomic E-state index is 11.6. The Hall–Kier alpha value is -2.04. The lowest BCUT2D eigenvalue weighted by atomic mass is 9.86. The van der Waals surface area contributed by atoms with Crippen LogP contribution in [0, 0.1) is 0 Å². The molecule has 1 fully saturated rings. The minimum Gasteiger partial charge on any atom is -0.366 e. The van der Waals surface area contributed by atoms with E-state index in [2.05, 4.69) is 49.2 Å². The summed E-state index contributed by atoms with van der Waals surface area (Å²) < 4.78 is 0. The van der Waals surface area contributed by atoms with Gasteiger partial charge in [-0.15, -0.1) is 0 Å². The second kappa shape index (κ2) is 6.60. The number of nitrogens with one attached hydrogen (secondary N) is 1. The molecule has 1 aliphatic heterocycles. The van der Waals surface area contributed by atoms with Gasteiger partial charge in [-0.3, -0.25) is 9.59 Å². The van der Waals surface area contributed by atoms with Crippen LogP contribution in [-0.4, -0.2) is 42.9 Å². The number of amides is 2. The fraction of sp³-hybridized carbons (Fsp3) is 0.556. The molecule has 1 N–H and O–H groups in total. The Kier molecular flexibility index (Phi) is 4.97. The molecule has 0 spiro atoms. The van der Waals surface area contributed by atoms with E-state index < -0.39 is 0 Å². The molecule has 0 unspecified atom stereocenters. The molecular formula is C18H27N3O2. The van der Waals surface area contributed by atoms with E-state index in [1.807, 2.05) is 4.90 Å². The molecule has 5 heteroatoms. The summed E-state index contributed by atoms with van der Waals surface area (Å²) in [7, 11) is 0. The number of nitrogens with zero attached hydrogens (tertiary/aromatic N) is 2. The van der Waals surface area contributed by atoms with Crippen LogP contribution in [0.1, 0.15) is 40.2 Å². The molecule has 0 atom stereocenters. The van der Waals surface area contributed by atoms with Crippen molar-refractivity contribution in [2.75, 3.05) is 36.4 Å². The first-order valence-electron chi connectivity index (χ1n) is 8.11. The number of anilines is 2. The second-order valence-corrected chi connectivity index (χ2v) is 7.16. The lowest BCUT2D eigenvalue weighted by Crippen LogP contribution is -2.48. The van der Waals surface area contributed by atoms with Gasteiger partial charge in [-0.25, -0.2) is 0 Å². The Labute approximate surface area is 138 Å². The number of hydrogen-bond acceptors (Lipinski definition) is 3. The monoisotopic (exact) mass is 317 g/mol. The number of rotatable bonds is 2. The lowest BCUT2D eigenvalue weighted by molar-refractivity contribution is -0.129. The molecule has 0 radical (unpaired) electrons. The van der Waals surface area contributed by atoms with Crippen molar-refractivity contribution in [1.29, 1.82) is 0 Å². The highest BCUT2D eigenvalue weighted by Gasteiger charge is 2.22. The minimum absolute atomic E-state index is 0.0269. The Morgan fingerprint density at radius 2 is 1.65 bits per heavy atom. The predicted molar refractivity (Wildman–Crippen MR) is 93.9 cm³/mol. The summed E-state index contributed by atoms with van der Waals surface area (Å²) in [5.74, 6) is 0.0505. The molecule has 1 saturated heterocycles. The highest BCUT2D eigenvalue weighted by atomic mass is 16.2. The molecule has 0 bridgehead atoms. The first-order valence-corrected chi connectivity index (χ1v) is 8.11. The van der Waals surface area contributed by atoms with Crippen LogP contribution in [0.4, 0.5) is 11.4 Å². The van der Waals surface area contributed by atoms with Gasteiger partial charge in [0.05, 0.1) is 11.4 Å². The van der Waals surface area contributed by atoms with E-state index in [0.29, 0.717) is 0 Å². The highest BCUT2D eigenvalue weighted by molar-refractivity contribution is 5.93. The van der Waals surface area contributed by atoms with Crippen molar-refractivity contribution in [2.45, 2.75) is 40.0 Å². The van der Waals surface area contributed by atoms with Gasteiger partial charge >= 0.3 is 0 Å². The molecule has 1 heterocycles. The maximum Gasteiger partial charge on any atom is 0.221 e. The molecule has 1 aromatic rings. The molecular weight excluding hydrogens is 290 g/mol. The van der Waals surface area contributed by atoms with E-state index in [1.54, 1.807) is 6.92 Å². The first kappa shape index (κ1) is 17.3. The van der Waals surface area contributed by atoms with Crippen molar-refractivity contribution in [3.05, 3.63) is 23.8 Å². The second-order valence-electron chi connectivity index (χ2n) is 7.16. The van der Waals surface area contributed by atoms with Crippen LogP contribution in [-0.2, 0) is 15.0 Å². The fourth-order valence-electron chi connectivity index (χ4n) is 2.83. The molecule has 126 valence electrons. The standard InChI is InChI=1S/C18H27N3O2/c1-13(22)19-16-12-15(18(3,4)5)6-7-17(16)21-10-8-20(9-11-21)14(2)23/h6-7,12H,8-11H2,1-5H3,(H,19,22). The van der Waals surface area contributed by atoms with Gasteiger partial charge in [-0.05, 0) is 23.1 Å². The van der Waals surface area contributed by atoms with E-state index in [0.717, 1.165) is 37.6 Å². The van der Waals surface area contributed by atoms with Gasteiger partial charge in [0.1, 0.15) is 0 Å². The summed E-state index contributed by atoms with van der Waals surface area (Å²) in [4.78, 5) is 27.1. The molecule has 0 aliphatic carbocycles. The van der Waals surface area contributed by atoms with Gasteiger partial charge < -0.3 is 15.1 Å². The lowest BCUT2D eigenvalue weighted by Gasteiger charge is -2.37. The average Bonchev–Trinajstić information content (AvgIpc) is 2.45. The Bertz CT molecular complexity index is 597. The quantitative estimate of drug-likeness (QED) is 0.912. The molecule has 1 aliphatic rings. The largest absolute Gasteiger partial charge is 0.366 e. The summed E-state index contributed by atoms with van der Waals surface area (Å²) in [5.41, 5.74) is 3.09. The summed E-state index contributed by atoms with van der Waals surface area (Å²) >= 11 is 0. The number of benzene rings is 1. The van der Waals surface area contributed by atoms with Crippen molar-refractivity contribution in [3.8, 4) is 0 Å². The highest BCUT2D eigenvalue weighted by Crippen LogP contribution is 2.32. The van der Waals surface area contributed by atoms with Crippen LogP contribution in [0.15, 0.2) is 18.2 Å². The fourth-order valence-corrected chi connectivity index (χ4v) is 2.83. The van der Waals surface area contributed by atoms with Crippen LogP contribution in [0.2, 0.25) is 0 Å². The van der Waals surface area contributed by atoms with Crippen LogP contribution < -0.4 is 10.2 Å². The zero-order valence-corrected chi connectivity index (χ0v) is 14.8. The zero-order chi connectivity index (χ0) is 17.2. The van der Waals surface area contributed by atoms with Crippen molar-refractivity contribution in [3.63, 3.8) is 0 Å². The summed E-state index contributed by atoms with van der Waals surface area (Å²) in [6, 6.07) is 6.27. The molecule has 2 rings (SSSR count). The SMILES string of the molecule is CC(=O)Nc1cc(C(C)(C)C)ccc1N1CCN(C(C)=O)CC1. The van der Waals surface area contributed by atoms with E-state index in [4.69, 9.17) is 0 Å². The topological polar surface area (TPSA) is 52.7 Å². The number of carbonyl (C=O) groups is 2. The molecule has 1 aromatic carbocycles. The zero-order valence-electron chi connectivity index (χ0n) is 14.8. The molecule has 0 saturated carbocycles. The van der Waals surface area contributed by atoms with E-state index in [1.165, 1.54) is 12.5 Å². The Morgan fingerprint density at radius 1 is 1.04 bits per heavy atom. The minimum atomic E-state index is -0.0697. The Balaban J connectivity index is 2.27. The van der Waals surface area contributed by atoms with Gasteiger partial charge in [0.2, 0.25) is 11.8 Å². The van der Waals surface area contributed by atoms with Crippen LogP contribution >= 0.6 is 0 Å². The molecule has 5 nitrogen and oxygen atoms in total. The van der Waals surface area contributed by atoms with Crippen molar-refractivity contribution >= 4 is 23.2 Å². The van der Waals surface area contributed by atoms with Gasteiger partial charge in [0.15, 0.2) is 0 Å². The summed E-state index contributed by atoms with van der Waals surface area (Å²) in [6.07, 6.45) is 0. The van der Waals surface area contributed by atoms with E-state index in [9.17, 15) is 9.59 Å². The van der Waals surface area contributed by atoms with Gasteiger partial charge in [0.25, 0.3) is 0 Å².